The second-order valence-electron chi connectivity index (χ2n) is 6.34. The molecule has 126 valence electrons. The van der Waals surface area contributed by atoms with Crippen LogP contribution in [0.5, 0.6) is 5.75 Å². The molecule has 0 bridgehead atoms. The highest BCUT2D eigenvalue weighted by atomic mass is 16.3. The zero-order chi connectivity index (χ0) is 16.0. The van der Waals surface area contributed by atoms with Crippen LogP contribution in [0.25, 0.3) is 0 Å². The first-order valence-corrected chi connectivity index (χ1v) is 9.32. The van der Waals surface area contributed by atoms with Crippen LogP contribution in [0.2, 0.25) is 0 Å². The second-order valence-corrected chi connectivity index (χ2v) is 6.34. The average Bonchev–Trinajstić information content (AvgIpc) is 2.52. The minimum atomic E-state index is 0.375. The van der Waals surface area contributed by atoms with Crippen molar-refractivity contribution in [3.63, 3.8) is 0 Å². The van der Waals surface area contributed by atoms with Crippen molar-refractivity contribution in [2.45, 2.75) is 78.1 Å². The summed E-state index contributed by atoms with van der Waals surface area (Å²) in [4.78, 5) is 2.46. The zero-order valence-corrected chi connectivity index (χ0v) is 14.7. The molecule has 0 heterocycles. The Morgan fingerprint density at radius 2 is 1.32 bits per heavy atom. The van der Waals surface area contributed by atoms with Crippen LogP contribution in [0.3, 0.4) is 0 Å². The van der Waals surface area contributed by atoms with Crippen molar-refractivity contribution in [2.75, 3.05) is 18.0 Å². The molecule has 1 aromatic carbocycles. The summed E-state index contributed by atoms with van der Waals surface area (Å²) in [7, 11) is 0. The number of rotatable bonds is 13. The Labute approximate surface area is 137 Å². The third kappa shape index (κ3) is 8.31. The molecular formula is C20H35NO. The lowest BCUT2D eigenvalue weighted by Gasteiger charge is -2.25. The van der Waals surface area contributed by atoms with Crippen LogP contribution in [0, 0.1) is 0 Å². The first kappa shape index (κ1) is 18.9. The van der Waals surface area contributed by atoms with E-state index in [1.165, 1.54) is 69.9 Å². The molecule has 0 fully saturated rings. The highest BCUT2D eigenvalue weighted by Crippen LogP contribution is 2.21. The third-order valence-corrected chi connectivity index (χ3v) is 4.26. The summed E-state index contributed by atoms with van der Waals surface area (Å²) in [6, 6.07) is 7.73. The molecule has 22 heavy (non-hydrogen) atoms. The van der Waals surface area contributed by atoms with Gasteiger partial charge in [-0.2, -0.15) is 0 Å². The summed E-state index contributed by atoms with van der Waals surface area (Å²) >= 11 is 0. The van der Waals surface area contributed by atoms with Gasteiger partial charge in [0.2, 0.25) is 0 Å². The highest BCUT2D eigenvalue weighted by molar-refractivity contribution is 5.50. The Kier molecular flexibility index (Phi) is 10.6. The van der Waals surface area contributed by atoms with Gasteiger partial charge in [0, 0.05) is 24.8 Å². The average molecular weight is 306 g/mol. The van der Waals surface area contributed by atoms with E-state index < -0.39 is 0 Å². The molecule has 0 saturated carbocycles. The van der Waals surface area contributed by atoms with Crippen LogP contribution in [0.15, 0.2) is 24.3 Å². The topological polar surface area (TPSA) is 23.5 Å². The normalized spacial score (nSPS) is 10.8. The third-order valence-electron chi connectivity index (χ3n) is 4.26. The summed E-state index contributed by atoms with van der Waals surface area (Å²) in [5.74, 6) is 0.375. The minimum absolute atomic E-state index is 0.375. The maximum absolute atomic E-state index is 9.72. The van der Waals surface area contributed by atoms with E-state index in [9.17, 15) is 5.11 Å². The molecule has 0 aliphatic rings. The number of hydrogen-bond acceptors (Lipinski definition) is 2. The molecule has 2 nitrogen and oxygen atoms in total. The molecule has 0 unspecified atom stereocenters. The van der Waals surface area contributed by atoms with E-state index in [2.05, 4.69) is 24.8 Å². The first-order chi connectivity index (χ1) is 10.8. The Hall–Kier alpha value is -1.18. The summed E-state index contributed by atoms with van der Waals surface area (Å²) < 4.78 is 0. The van der Waals surface area contributed by atoms with Crippen molar-refractivity contribution < 1.29 is 5.11 Å². The number of phenolic OH excluding ortho intramolecular Hbond substituents is 1. The SMILES string of the molecule is CCCCCCCN(CCCCCCC)c1cccc(O)c1. The summed E-state index contributed by atoms with van der Waals surface area (Å²) in [5, 5.41) is 9.72. The Bertz CT molecular complexity index is 364. The Morgan fingerprint density at radius 3 is 1.82 bits per heavy atom. The van der Waals surface area contributed by atoms with Gasteiger partial charge in [-0.15, -0.1) is 0 Å². The van der Waals surface area contributed by atoms with Gasteiger partial charge < -0.3 is 10.0 Å². The molecule has 0 aliphatic heterocycles. The van der Waals surface area contributed by atoms with E-state index >= 15 is 0 Å². The molecule has 0 spiro atoms. The fourth-order valence-electron chi connectivity index (χ4n) is 2.87. The number of hydrogen-bond donors (Lipinski definition) is 1. The molecule has 1 aromatic rings. The van der Waals surface area contributed by atoms with Crippen LogP contribution < -0.4 is 4.90 Å². The van der Waals surface area contributed by atoms with Crippen LogP contribution in [0.1, 0.15) is 78.1 Å². The molecule has 0 radical (unpaired) electrons. The predicted octanol–water partition coefficient (Wildman–Crippen LogP) is 6.14. The van der Waals surface area contributed by atoms with Crippen LogP contribution in [0.4, 0.5) is 5.69 Å². The van der Waals surface area contributed by atoms with Crippen molar-refractivity contribution in [3.8, 4) is 5.75 Å². The van der Waals surface area contributed by atoms with Gasteiger partial charge in [0.25, 0.3) is 0 Å². The van der Waals surface area contributed by atoms with Gasteiger partial charge in [-0.25, -0.2) is 0 Å². The van der Waals surface area contributed by atoms with Crippen molar-refractivity contribution in [2.24, 2.45) is 0 Å². The second kappa shape index (κ2) is 12.4. The van der Waals surface area contributed by atoms with E-state index in [0.717, 1.165) is 13.1 Å². The van der Waals surface area contributed by atoms with Crippen LogP contribution in [-0.2, 0) is 0 Å². The van der Waals surface area contributed by atoms with Gasteiger partial charge in [-0.1, -0.05) is 71.3 Å². The Morgan fingerprint density at radius 1 is 0.773 bits per heavy atom. The fraction of sp³-hybridized carbons (Fsp3) is 0.700. The number of benzene rings is 1. The monoisotopic (exact) mass is 305 g/mol. The molecule has 2 heteroatoms. The number of anilines is 1. The lowest BCUT2D eigenvalue weighted by molar-refractivity contribution is 0.475. The maximum atomic E-state index is 9.72. The van der Waals surface area contributed by atoms with E-state index in [0.29, 0.717) is 5.75 Å². The van der Waals surface area contributed by atoms with E-state index in [1.807, 2.05) is 12.1 Å². The molecule has 0 saturated heterocycles. The molecule has 1 rings (SSSR count). The molecule has 0 aliphatic carbocycles. The standard InChI is InChI=1S/C20H35NO/c1-3-5-7-9-11-16-21(17-12-10-8-6-4-2)19-14-13-15-20(22)18-19/h13-15,18,22H,3-12,16-17H2,1-2H3. The van der Waals surface area contributed by atoms with Gasteiger partial charge in [0.1, 0.15) is 5.75 Å². The fourth-order valence-corrected chi connectivity index (χ4v) is 2.87. The number of unbranched alkanes of at least 4 members (excludes halogenated alkanes) is 8. The predicted molar refractivity (Wildman–Crippen MR) is 97.8 cm³/mol. The van der Waals surface area contributed by atoms with Gasteiger partial charge in [-0.3, -0.25) is 0 Å². The molecule has 0 amide bonds. The number of phenols is 1. The first-order valence-electron chi connectivity index (χ1n) is 9.32. The van der Waals surface area contributed by atoms with Crippen molar-refractivity contribution in [3.05, 3.63) is 24.3 Å². The van der Waals surface area contributed by atoms with Crippen molar-refractivity contribution >= 4 is 5.69 Å². The lowest BCUT2D eigenvalue weighted by atomic mass is 10.1. The molecule has 0 aromatic heterocycles. The maximum Gasteiger partial charge on any atom is 0.117 e. The summed E-state index contributed by atoms with van der Waals surface area (Å²) in [5.41, 5.74) is 1.17. The van der Waals surface area contributed by atoms with E-state index in [-0.39, 0.29) is 0 Å². The summed E-state index contributed by atoms with van der Waals surface area (Å²) in [6.07, 6.45) is 13.1. The van der Waals surface area contributed by atoms with Crippen molar-refractivity contribution in [1.29, 1.82) is 0 Å². The lowest BCUT2D eigenvalue weighted by Crippen LogP contribution is -2.25. The Balaban J connectivity index is 2.42. The van der Waals surface area contributed by atoms with E-state index in [4.69, 9.17) is 0 Å². The van der Waals surface area contributed by atoms with Crippen LogP contribution in [-0.4, -0.2) is 18.2 Å². The quantitative estimate of drug-likeness (QED) is 0.442. The highest BCUT2D eigenvalue weighted by Gasteiger charge is 2.07. The largest absolute Gasteiger partial charge is 0.508 e. The smallest absolute Gasteiger partial charge is 0.117 e. The van der Waals surface area contributed by atoms with Crippen LogP contribution >= 0.6 is 0 Å². The van der Waals surface area contributed by atoms with Gasteiger partial charge in [0.05, 0.1) is 0 Å². The van der Waals surface area contributed by atoms with Crippen molar-refractivity contribution in [1.82, 2.24) is 0 Å². The molecule has 0 atom stereocenters. The van der Waals surface area contributed by atoms with Gasteiger partial charge in [-0.05, 0) is 25.0 Å². The van der Waals surface area contributed by atoms with E-state index in [1.54, 1.807) is 6.07 Å². The zero-order valence-electron chi connectivity index (χ0n) is 14.7. The summed E-state index contributed by atoms with van der Waals surface area (Å²) in [6.45, 7) is 6.74. The molecular weight excluding hydrogens is 270 g/mol. The van der Waals surface area contributed by atoms with Gasteiger partial charge >= 0.3 is 0 Å². The number of aromatic hydroxyl groups is 1. The molecule has 1 N–H and O–H groups in total. The minimum Gasteiger partial charge on any atom is -0.508 e. The number of nitrogens with zero attached hydrogens (tertiary/aromatic N) is 1. The van der Waals surface area contributed by atoms with Gasteiger partial charge in [0.15, 0.2) is 0 Å².